The van der Waals surface area contributed by atoms with E-state index in [-0.39, 0.29) is 5.41 Å². The lowest BCUT2D eigenvalue weighted by Crippen LogP contribution is -2.49. The minimum Gasteiger partial charge on any atom is -0.474 e. The molecule has 1 saturated heterocycles. The molecule has 2 fully saturated rings. The number of nitrogens with one attached hydrogen (secondary N) is 2. The molecule has 0 aromatic heterocycles. The Morgan fingerprint density at radius 1 is 1.29 bits per heavy atom. The summed E-state index contributed by atoms with van der Waals surface area (Å²) in [5.41, 5.74) is 8.16. The van der Waals surface area contributed by atoms with Crippen molar-refractivity contribution in [1.82, 2.24) is 14.9 Å². The highest BCUT2D eigenvalue weighted by Crippen LogP contribution is 2.61. The summed E-state index contributed by atoms with van der Waals surface area (Å²) < 4.78 is 32.0. The first-order valence-electron chi connectivity index (χ1n) is 10.4. The fraction of sp³-hybridized carbons (Fsp3) is 0.700. The van der Waals surface area contributed by atoms with Crippen molar-refractivity contribution in [3.8, 4) is 0 Å². The van der Waals surface area contributed by atoms with Crippen LogP contribution in [0.2, 0.25) is 0 Å². The molecule has 4 rings (SSSR count). The molecule has 4 N–H and O–H groups in total. The van der Waals surface area contributed by atoms with E-state index in [1.165, 1.54) is 30.4 Å². The van der Waals surface area contributed by atoms with Gasteiger partial charge in [-0.2, -0.15) is 0 Å². The van der Waals surface area contributed by atoms with Crippen LogP contribution >= 0.6 is 0 Å². The minimum absolute atomic E-state index is 0.0261. The molecule has 4 aliphatic rings. The molecule has 1 saturated carbocycles. The lowest BCUT2D eigenvalue weighted by molar-refractivity contribution is -0.000721. The highest BCUT2D eigenvalue weighted by molar-refractivity contribution is 7.88. The quantitative estimate of drug-likeness (QED) is 0.557. The SMILES string of the molecule is CS(=O)(=O)NCCN[C@]1(CCN)CC23CCCCC2=CN2C=CCCC2=C3O1. The van der Waals surface area contributed by atoms with E-state index in [4.69, 9.17) is 10.5 Å². The summed E-state index contributed by atoms with van der Waals surface area (Å²) in [4.78, 5) is 2.25. The summed E-state index contributed by atoms with van der Waals surface area (Å²) in [6.07, 6.45) is 16.2. The first-order chi connectivity index (χ1) is 13.4. The summed E-state index contributed by atoms with van der Waals surface area (Å²) in [6, 6.07) is 0. The smallest absolute Gasteiger partial charge is 0.208 e. The van der Waals surface area contributed by atoms with E-state index in [2.05, 4.69) is 33.4 Å². The van der Waals surface area contributed by atoms with Crippen molar-refractivity contribution in [2.24, 2.45) is 11.1 Å². The maximum absolute atomic E-state index is 11.4. The van der Waals surface area contributed by atoms with Gasteiger partial charge in [0.25, 0.3) is 0 Å². The van der Waals surface area contributed by atoms with Gasteiger partial charge in [0.15, 0.2) is 5.72 Å². The number of fused-ring (bicyclic) bond motifs is 1. The highest BCUT2D eigenvalue weighted by Gasteiger charge is 2.58. The van der Waals surface area contributed by atoms with Crippen molar-refractivity contribution in [2.75, 3.05) is 25.9 Å². The van der Waals surface area contributed by atoms with Crippen molar-refractivity contribution >= 4 is 10.0 Å². The summed E-state index contributed by atoms with van der Waals surface area (Å²) in [5.74, 6) is 1.13. The zero-order valence-corrected chi connectivity index (χ0v) is 17.5. The van der Waals surface area contributed by atoms with Gasteiger partial charge in [0, 0.05) is 38.3 Å². The van der Waals surface area contributed by atoms with E-state index in [0.717, 1.165) is 37.9 Å². The first kappa shape index (κ1) is 19.9. The number of hydrogen-bond acceptors (Lipinski definition) is 6. The Kier molecular flexibility index (Phi) is 5.33. The largest absolute Gasteiger partial charge is 0.474 e. The van der Waals surface area contributed by atoms with Crippen molar-refractivity contribution in [2.45, 2.75) is 57.1 Å². The number of nitrogens with zero attached hydrogens (tertiary/aromatic N) is 1. The number of sulfonamides is 1. The predicted molar refractivity (Wildman–Crippen MR) is 109 cm³/mol. The molecular weight excluding hydrogens is 376 g/mol. The van der Waals surface area contributed by atoms with Crippen molar-refractivity contribution < 1.29 is 13.2 Å². The fourth-order valence-electron chi connectivity index (χ4n) is 5.26. The molecule has 8 heteroatoms. The van der Waals surface area contributed by atoms with Gasteiger partial charge in [0.05, 0.1) is 17.4 Å². The molecule has 7 nitrogen and oxygen atoms in total. The van der Waals surface area contributed by atoms with E-state index in [0.29, 0.717) is 26.1 Å². The zero-order chi connectivity index (χ0) is 19.8. The van der Waals surface area contributed by atoms with Crippen LogP contribution < -0.4 is 15.8 Å². The Labute approximate surface area is 168 Å². The van der Waals surface area contributed by atoms with E-state index >= 15 is 0 Å². The molecule has 0 radical (unpaired) electrons. The van der Waals surface area contributed by atoms with Crippen molar-refractivity contribution in [1.29, 1.82) is 0 Å². The monoisotopic (exact) mass is 408 g/mol. The molecule has 156 valence electrons. The summed E-state index contributed by atoms with van der Waals surface area (Å²) in [6.45, 7) is 1.37. The van der Waals surface area contributed by atoms with Gasteiger partial charge in [-0.1, -0.05) is 12.5 Å². The minimum atomic E-state index is -3.20. The number of ether oxygens (including phenoxy) is 1. The summed E-state index contributed by atoms with van der Waals surface area (Å²) in [7, 11) is -3.20. The van der Waals surface area contributed by atoms with Gasteiger partial charge in [0.2, 0.25) is 10.0 Å². The second kappa shape index (κ2) is 7.48. The Hall–Kier alpha value is -1.35. The van der Waals surface area contributed by atoms with Gasteiger partial charge in [-0.05, 0) is 44.2 Å². The molecule has 0 bridgehead atoms. The second-order valence-corrected chi connectivity index (χ2v) is 10.3. The Morgan fingerprint density at radius 3 is 2.93 bits per heavy atom. The van der Waals surface area contributed by atoms with Gasteiger partial charge in [-0.3, -0.25) is 5.32 Å². The van der Waals surface area contributed by atoms with Gasteiger partial charge in [-0.25, -0.2) is 13.1 Å². The zero-order valence-electron chi connectivity index (χ0n) is 16.7. The van der Waals surface area contributed by atoms with Gasteiger partial charge in [0.1, 0.15) is 5.76 Å². The topological polar surface area (TPSA) is 96.7 Å². The second-order valence-electron chi connectivity index (χ2n) is 8.46. The van der Waals surface area contributed by atoms with Crippen LogP contribution in [0.1, 0.15) is 51.4 Å². The van der Waals surface area contributed by atoms with Crippen LogP contribution in [0.25, 0.3) is 0 Å². The number of hydrogen-bond donors (Lipinski definition) is 3. The summed E-state index contributed by atoms with van der Waals surface area (Å²) in [5, 5.41) is 3.52. The molecule has 1 unspecified atom stereocenters. The third-order valence-electron chi connectivity index (χ3n) is 6.40. The lowest BCUT2D eigenvalue weighted by Gasteiger charge is -2.42. The van der Waals surface area contributed by atoms with Crippen LogP contribution in [0.15, 0.2) is 35.5 Å². The molecule has 28 heavy (non-hydrogen) atoms. The Morgan fingerprint density at radius 2 is 2.14 bits per heavy atom. The van der Waals surface area contributed by atoms with Crippen LogP contribution in [0.3, 0.4) is 0 Å². The molecule has 3 heterocycles. The number of allylic oxidation sites excluding steroid dienone is 3. The molecule has 1 spiro atoms. The van der Waals surface area contributed by atoms with Gasteiger partial charge >= 0.3 is 0 Å². The molecule has 0 aromatic carbocycles. The Bertz CT molecular complexity index is 819. The van der Waals surface area contributed by atoms with Crippen LogP contribution in [0, 0.1) is 5.41 Å². The lowest BCUT2D eigenvalue weighted by atomic mass is 9.65. The van der Waals surface area contributed by atoms with Crippen LogP contribution in [-0.2, 0) is 14.8 Å². The summed E-state index contributed by atoms with van der Waals surface area (Å²) >= 11 is 0. The molecule has 3 aliphatic heterocycles. The van der Waals surface area contributed by atoms with Gasteiger partial charge in [-0.15, -0.1) is 0 Å². The third kappa shape index (κ3) is 3.63. The Balaban J connectivity index is 1.62. The molecular formula is C20H32N4O3S. The predicted octanol–water partition coefficient (Wildman–Crippen LogP) is 1.87. The third-order valence-corrected chi connectivity index (χ3v) is 7.13. The van der Waals surface area contributed by atoms with Crippen LogP contribution in [0.5, 0.6) is 0 Å². The van der Waals surface area contributed by atoms with E-state index < -0.39 is 15.7 Å². The molecule has 1 aliphatic carbocycles. The highest BCUT2D eigenvalue weighted by atomic mass is 32.2. The van der Waals surface area contributed by atoms with Crippen molar-refractivity contribution in [3.63, 3.8) is 0 Å². The molecule has 0 aromatic rings. The van der Waals surface area contributed by atoms with E-state index in [1.807, 2.05) is 0 Å². The maximum atomic E-state index is 11.4. The standard InChI is InChI=1S/C20H32N4O3S/c1-28(25,26)23-12-11-22-20(9-10-21)15-19-8-4-2-6-16(19)14-24-13-5-3-7-17(24)18(19)27-20/h5,13-14,22-23H,2-4,6-12,15,21H2,1H3/t19?,20-/m0/s1. The first-order valence-corrected chi connectivity index (χ1v) is 12.3. The number of rotatable bonds is 7. The average Bonchev–Trinajstić information content (AvgIpc) is 2.97. The van der Waals surface area contributed by atoms with Crippen LogP contribution in [0.4, 0.5) is 0 Å². The molecule has 0 amide bonds. The fourth-order valence-corrected chi connectivity index (χ4v) is 5.73. The number of nitrogens with two attached hydrogens (primary N) is 1. The van der Waals surface area contributed by atoms with Gasteiger partial charge < -0.3 is 15.4 Å². The van der Waals surface area contributed by atoms with Crippen molar-refractivity contribution in [3.05, 3.63) is 35.5 Å². The van der Waals surface area contributed by atoms with Crippen LogP contribution in [-0.4, -0.2) is 44.9 Å². The molecule has 2 atom stereocenters. The maximum Gasteiger partial charge on any atom is 0.208 e. The average molecular weight is 409 g/mol. The normalized spacial score (nSPS) is 31.8. The van der Waals surface area contributed by atoms with E-state index in [1.54, 1.807) is 0 Å². The van der Waals surface area contributed by atoms with E-state index in [9.17, 15) is 8.42 Å².